The maximum absolute atomic E-state index is 10.5. The molecule has 2 heterocycles. The van der Waals surface area contributed by atoms with Crippen LogP contribution in [0.4, 0.5) is 0 Å². The Hall–Kier alpha value is -1.67. The van der Waals surface area contributed by atoms with E-state index < -0.39 is 36.4 Å². The molecule has 0 aromatic heterocycles. The molecule has 0 aliphatic carbocycles. The second-order valence-corrected chi connectivity index (χ2v) is 6.32. The van der Waals surface area contributed by atoms with Crippen molar-refractivity contribution in [3.63, 3.8) is 0 Å². The van der Waals surface area contributed by atoms with Gasteiger partial charge < -0.3 is 24.1 Å². The maximum Gasteiger partial charge on any atom is 0.165 e. The van der Waals surface area contributed by atoms with E-state index in [0.29, 0.717) is 6.61 Å². The first-order valence-corrected chi connectivity index (χ1v) is 7.85. The van der Waals surface area contributed by atoms with Crippen molar-refractivity contribution in [1.29, 1.82) is 0 Å². The van der Waals surface area contributed by atoms with Crippen LogP contribution in [0.3, 0.4) is 0 Å². The van der Waals surface area contributed by atoms with E-state index in [1.54, 1.807) is 13.8 Å². The molecule has 0 radical (unpaired) electrons. The number of nitrogens with zero attached hydrogens (tertiary/aromatic N) is 3. The molecular weight excluding hydrogens is 314 g/mol. The zero-order chi connectivity index (χ0) is 17.2. The van der Waals surface area contributed by atoms with Crippen molar-refractivity contribution in [1.82, 2.24) is 0 Å². The Kier molecular flexibility index (Phi) is 5.05. The standard InChI is InChI=1S/C16H21N3O5/c1-16(2)22-9-11-13(24-16)14(12(20)15(23-11)18-19-17)21-8-10-6-4-3-5-7-10/h3-7,11-15,20H,8-9H2,1-2H3/t11-,12-,13-,14-,15-/m1/s1. The van der Waals surface area contributed by atoms with E-state index in [0.717, 1.165) is 5.56 Å². The van der Waals surface area contributed by atoms with Gasteiger partial charge in [-0.2, -0.15) is 0 Å². The fourth-order valence-electron chi connectivity index (χ4n) is 2.93. The highest BCUT2D eigenvalue weighted by Crippen LogP contribution is 2.34. The molecular formula is C16H21N3O5. The highest BCUT2D eigenvalue weighted by Gasteiger charge is 2.51. The van der Waals surface area contributed by atoms with Crippen LogP contribution in [0.15, 0.2) is 35.4 Å². The van der Waals surface area contributed by atoms with E-state index in [1.165, 1.54) is 0 Å². The zero-order valence-electron chi connectivity index (χ0n) is 13.6. The van der Waals surface area contributed by atoms with Gasteiger partial charge in [-0.05, 0) is 24.9 Å². The van der Waals surface area contributed by atoms with Crippen LogP contribution in [0.1, 0.15) is 19.4 Å². The van der Waals surface area contributed by atoms with E-state index in [1.807, 2.05) is 30.3 Å². The summed E-state index contributed by atoms with van der Waals surface area (Å²) in [7, 11) is 0. The van der Waals surface area contributed by atoms with Crippen molar-refractivity contribution in [2.24, 2.45) is 5.11 Å². The number of azide groups is 1. The predicted octanol–water partition coefficient (Wildman–Crippen LogP) is 2.12. The Morgan fingerprint density at radius 1 is 1.38 bits per heavy atom. The van der Waals surface area contributed by atoms with Crippen LogP contribution >= 0.6 is 0 Å². The van der Waals surface area contributed by atoms with Gasteiger partial charge in [-0.1, -0.05) is 35.4 Å². The van der Waals surface area contributed by atoms with Crippen molar-refractivity contribution in [3.05, 3.63) is 46.3 Å². The summed E-state index contributed by atoms with van der Waals surface area (Å²) in [6, 6.07) is 9.62. The number of hydrogen-bond acceptors (Lipinski definition) is 6. The molecule has 1 aromatic carbocycles. The minimum Gasteiger partial charge on any atom is -0.387 e. The summed E-state index contributed by atoms with van der Waals surface area (Å²) in [5.74, 6) is -0.802. The number of ether oxygens (including phenoxy) is 4. The van der Waals surface area contributed by atoms with E-state index >= 15 is 0 Å². The third-order valence-corrected chi connectivity index (χ3v) is 4.10. The zero-order valence-corrected chi connectivity index (χ0v) is 13.6. The molecule has 2 fully saturated rings. The lowest BCUT2D eigenvalue weighted by Gasteiger charge is -2.49. The summed E-state index contributed by atoms with van der Waals surface area (Å²) >= 11 is 0. The summed E-state index contributed by atoms with van der Waals surface area (Å²) in [4.78, 5) is 2.73. The molecule has 1 aromatic rings. The largest absolute Gasteiger partial charge is 0.387 e. The highest BCUT2D eigenvalue weighted by atomic mass is 16.7. The normalized spacial score (nSPS) is 34.9. The van der Waals surface area contributed by atoms with Gasteiger partial charge in [-0.25, -0.2) is 0 Å². The smallest absolute Gasteiger partial charge is 0.165 e. The molecule has 3 rings (SSSR count). The number of hydrogen-bond donors (Lipinski definition) is 1. The van der Waals surface area contributed by atoms with Crippen molar-refractivity contribution in [2.45, 2.75) is 56.9 Å². The monoisotopic (exact) mass is 335 g/mol. The van der Waals surface area contributed by atoms with E-state index in [9.17, 15) is 5.11 Å². The average molecular weight is 335 g/mol. The Bertz CT molecular complexity index is 605. The van der Waals surface area contributed by atoms with Crippen LogP contribution in [0.2, 0.25) is 0 Å². The van der Waals surface area contributed by atoms with Crippen molar-refractivity contribution >= 4 is 0 Å². The van der Waals surface area contributed by atoms with Gasteiger partial charge in [0.25, 0.3) is 0 Å². The van der Waals surface area contributed by atoms with Gasteiger partial charge in [0.05, 0.1) is 13.2 Å². The first-order valence-electron chi connectivity index (χ1n) is 7.85. The van der Waals surface area contributed by atoms with Crippen LogP contribution in [-0.2, 0) is 25.6 Å². The molecule has 5 atom stereocenters. The lowest BCUT2D eigenvalue weighted by Crippen LogP contribution is -2.64. The molecule has 0 amide bonds. The van der Waals surface area contributed by atoms with Gasteiger partial charge in [0.1, 0.15) is 24.4 Å². The predicted molar refractivity (Wildman–Crippen MR) is 83.7 cm³/mol. The number of fused-ring (bicyclic) bond motifs is 1. The third-order valence-electron chi connectivity index (χ3n) is 4.10. The van der Waals surface area contributed by atoms with E-state index in [-0.39, 0.29) is 6.61 Å². The molecule has 24 heavy (non-hydrogen) atoms. The first-order chi connectivity index (χ1) is 11.5. The van der Waals surface area contributed by atoms with Crippen molar-refractivity contribution in [3.8, 4) is 0 Å². The number of aliphatic hydroxyl groups excluding tert-OH is 1. The number of aliphatic hydroxyl groups is 1. The minimum atomic E-state index is -1.13. The molecule has 0 saturated carbocycles. The van der Waals surface area contributed by atoms with Gasteiger partial charge >= 0.3 is 0 Å². The van der Waals surface area contributed by atoms with Crippen molar-refractivity contribution in [2.75, 3.05) is 6.61 Å². The van der Waals surface area contributed by atoms with Crippen LogP contribution in [0.25, 0.3) is 10.4 Å². The van der Waals surface area contributed by atoms with Gasteiger partial charge in [0.2, 0.25) is 0 Å². The summed E-state index contributed by atoms with van der Waals surface area (Å²) in [5, 5.41) is 14.0. The van der Waals surface area contributed by atoms with Crippen molar-refractivity contribution < 1.29 is 24.1 Å². The fraction of sp³-hybridized carbons (Fsp3) is 0.625. The maximum atomic E-state index is 10.5. The Morgan fingerprint density at radius 3 is 2.83 bits per heavy atom. The quantitative estimate of drug-likeness (QED) is 0.515. The van der Waals surface area contributed by atoms with Gasteiger partial charge in [-0.3, -0.25) is 0 Å². The van der Waals surface area contributed by atoms with Gasteiger partial charge in [-0.15, -0.1) is 0 Å². The fourth-order valence-corrected chi connectivity index (χ4v) is 2.93. The average Bonchev–Trinajstić information content (AvgIpc) is 2.56. The van der Waals surface area contributed by atoms with Crippen LogP contribution in [-0.4, -0.2) is 48.1 Å². The highest BCUT2D eigenvalue weighted by molar-refractivity contribution is 5.13. The molecule has 8 nitrogen and oxygen atoms in total. The summed E-state index contributed by atoms with van der Waals surface area (Å²) in [6.07, 6.45) is -3.84. The van der Waals surface area contributed by atoms with Crippen LogP contribution in [0.5, 0.6) is 0 Å². The summed E-state index contributed by atoms with van der Waals surface area (Å²) in [6.45, 7) is 4.17. The molecule has 0 bridgehead atoms. The lowest BCUT2D eigenvalue weighted by molar-refractivity contribution is -0.361. The Morgan fingerprint density at radius 2 is 2.12 bits per heavy atom. The van der Waals surface area contributed by atoms with E-state index in [2.05, 4.69) is 10.0 Å². The molecule has 0 unspecified atom stereocenters. The van der Waals surface area contributed by atoms with Gasteiger partial charge in [0, 0.05) is 4.91 Å². The van der Waals surface area contributed by atoms with Crippen LogP contribution in [0, 0.1) is 0 Å². The summed E-state index contributed by atoms with van der Waals surface area (Å²) in [5.41, 5.74) is 9.65. The SMILES string of the molecule is CC1(C)OC[C@H]2O[C@@H](N=[N+]=[N-])[C@H](O)[C@@H](OCc3ccccc3)[C@@H]2O1. The van der Waals surface area contributed by atoms with Gasteiger partial charge in [0.15, 0.2) is 12.0 Å². The number of benzene rings is 1. The molecule has 2 aliphatic rings. The van der Waals surface area contributed by atoms with Crippen LogP contribution < -0.4 is 0 Å². The molecule has 130 valence electrons. The molecule has 0 spiro atoms. The first kappa shape index (κ1) is 17.2. The molecule has 2 saturated heterocycles. The Balaban J connectivity index is 1.78. The molecule has 8 heteroatoms. The second kappa shape index (κ2) is 7.06. The number of rotatable bonds is 4. The molecule has 2 aliphatic heterocycles. The Labute approximate surface area is 139 Å². The summed E-state index contributed by atoms with van der Waals surface area (Å²) < 4.78 is 23.0. The minimum absolute atomic E-state index is 0.271. The second-order valence-electron chi connectivity index (χ2n) is 6.32. The third kappa shape index (κ3) is 3.70. The molecule has 1 N–H and O–H groups in total. The topological polar surface area (TPSA) is 106 Å². The lowest BCUT2D eigenvalue weighted by atomic mass is 9.96. The van der Waals surface area contributed by atoms with E-state index in [4.69, 9.17) is 24.5 Å².